The van der Waals surface area contributed by atoms with Gasteiger partial charge in [-0.05, 0) is 28.1 Å². The zero-order chi connectivity index (χ0) is 10.1. The molecule has 0 spiro atoms. The Morgan fingerprint density at radius 3 is 2.93 bits per heavy atom. The number of ether oxygens (including phenoxy) is 1. The Balaban J connectivity index is 2.85. The number of thiophene rings is 1. The van der Waals surface area contributed by atoms with Crippen LogP contribution < -0.4 is 4.74 Å². The number of nitrogens with zero attached hydrogens (tertiary/aromatic N) is 1. The van der Waals surface area contributed by atoms with E-state index in [9.17, 15) is 0 Å². The van der Waals surface area contributed by atoms with Crippen LogP contribution in [-0.2, 0) is 0 Å². The van der Waals surface area contributed by atoms with Gasteiger partial charge in [-0.2, -0.15) is 5.26 Å². The second-order valence-corrected chi connectivity index (χ2v) is 4.42. The molecular weight excluding hydrogens is 262 g/mol. The number of rotatable bonds is 1. The number of methoxy groups -OCH3 is 1. The van der Waals surface area contributed by atoms with Crippen LogP contribution in [0.5, 0.6) is 5.75 Å². The lowest BCUT2D eigenvalue weighted by Crippen LogP contribution is -1.82. The highest BCUT2D eigenvalue weighted by atomic mass is 79.9. The molecule has 0 bridgehead atoms. The van der Waals surface area contributed by atoms with Crippen molar-refractivity contribution in [1.29, 1.82) is 5.26 Å². The van der Waals surface area contributed by atoms with E-state index in [4.69, 9.17) is 10.00 Å². The Morgan fingerprint density at radius 1 is 1.50 bits per heavy atom. The van der Waals surface area contributed by atoms with Crippen LogP contribution in [0.15, 0.2) is 22.0 Å². The summed E-state index contributed by atoms with van der Waals surface area (Å²) in [5.74, 6) is 0.814. The molecule has 70 valence electrons. The van der Waals surface area contributed by atoms with E-state index >= 15 is 0 Å². The van der Waals surface area contributed by atoms with Crippen molar-refractivity contribution in [3.63, 3.8) is 0 Å². The highest BCUT2D eigenvalue weighted by Crippen LogP contribution is 2.38. The maximum absolute atomic E-state index is 8.86. The lowest BCUT2D eigenvalue weighted by molar-refractivity contribution is 0.421. The van der Waals surface area contributed by atoms with Crippen LogP contribution in [0.3, 0.4) is 0 Å². The quantitative estimate of drug-likeness (QED) is 0.792. The van der Waals surface area contributed by atoms with E-state index in [2.05, 4.69) is 22.0 Å². The molecule has 0 aliphatic rings. The lowest BCUT2D eigenvalue weighted by Gasteiger charge is -2.00. The Labute approximate surface area is 93.9 Å². The summed E-state index contributed by atoms with van der Waals surface area (Å²) in [6, 6.07) is 5.87. The van der Waals surface area contributed by atoms with Gasteiger partial charge in [0.2, 0.25) is 0 Å². The van der Waals surface area contributed by atoms with Crippen LogP contribution in [0.2, 0.25) is 0 Å². The fourth-order valence-corrected chi connectivity index (χ4v) is 2.97. The monoisotopic (exact) mass is 267 g/mol. The van der Waals surface area contributed by atoms with Gasteiger partial charge in [-0.25, -0.2) is 0 Å². The minimum Gasteiger partial charge on any atom is -0.495 e. The predicted octanol–water partition coefficient (Wildman–Crippen LogP) is 3.54. The van der Waals surface area contributed by atoms with E-state index in [-0.39, 0.29) is 0 Å². The molecule has 2 nitrogen and oxygen atoms in total. The molecule has 14 heavy (non-hydrogen) atoms. The maximum Gasteiger partial charge on any atom is 0.138 e. The minimum absolute atomic E-state index is 0.634. The van der Waals surface area contributed by atoms with Crippen molar-refractivity contribution in [3.8, 4) is 11.8 Å². The largest absolute Gasteiger partial charge is 0.495 e. The van der Waals surface area contributed by atoms with Crippen molar-refractivity contribution in [2.75, 3.05) is 7.11 Å². The molecule has 1 heterocycles. The van der Waals surface area contributed by atoms with Crippen LogP contribution >= 0.6 is 27.3 Å². The van der Waals surface area contributed by atoms with Crippen molar-refractivity contribution in [3.05, 3.63) is 27.5 Å². The maximum atomic E-state index is 8.86. The summed E-state index contributed by atoms with van der Waals surface area (Å²) in [7, 11) is 1.63. The molecule has 2 rings (SSSR count). The highest BCUT2D eigenvalue weighted by molar-refractivity contribution is 9.10. The van der Waals surface area contributed by atoms with Gasteiger partial charge in [0.1, 0.15) is 11.8 Å². The molecule has 0 saturated heterocycles. The second-order valence-electron chi connectivity index (χ2n) is 2.72. The first-order valence-electron chi connectivity index (χ1n) is 3.91. The fourth-order valence-electron chi connectivity index (χ4n) is 1.30. The number of hydrogen-bond donors (Lipinski definition) is 0. The minimum atomic E-state index is 0.634. The zero-order valence-electron chi connectivity index (χ0n) is 7.37. The molecule has 1 aromatic carbocycles. The highest BCUT2D eigenvalue weighted by Gasteiger charge is 2.11. The third-order valence-electron chi connectivity index (χ3n) is 1.98. The number of fused-ring (bicyclic) bond motifs is 1. The fraction of sp³-hybridized carbons (Fsp3) is 0.100. The molecule has 0 saturated carbocycles. The molecule has 0 unspecified atom stereocenters. The standard InChI is InChI=1S/C10H6BrNOS/c1-13-7-5-14-8-3-2-6(4-12)10(11)9(7)8/h2-3,5H,1H3. The normalized spacial score (nSPS) is 10.1. The summed E-state index contributed by atoms with van der Waals surface area (Å²) in [6.45, 7) is 0. The molecule has 0 fully saturated rings. The third-order valence-corrected chi connectivity index (χ3v) is 3.73. The van der Waals surface area contributed by atoms with Crippen LogP contribution in [0.4, 0.5) is 0 Å². The average molecular weight is 268 g/mol. The molecule has 0 amide bonds. The van der Waals surface area contributed by atoms with Gasteiger partial charge in [-0.1, -0.05) is 0 Å². The van der Waals surface area contributed by atoms with E-state index in [0.29, 0.717) is 5.56 Å². The van der Waals surface area contributed by atoms with Crippen molar-refractivity contribution >= 4 is 37.4 Å². The van der Waals surface area contributed by atoms with Gasteiger partial charge in [0.05, 0.1) is 18.1 Å². The SMILES string of the molecule is COc1csc2ccc(C#N)c(Br)c12. The molecule has 2 aromatic rings. The van der Waals surface area contributed by atoms with Gasteiger partial charge in [-0.3, -0.25) is 0 Å². The summed E-state index contributed by atoms with van der Waals surface area (Å²) >= 11 is 5.02. The van der Waals surface area contributed by atoms with Gasteiger partial charge in [0.25, 0.3) is 0 Å². The van der Waals surface area contributed by atoms with E-state index in [0.717, 1.165) is 20.3 Å². The number of halogens is 1. The van der Waals surface area contributed by atoms with E-state index < -0.39 is 0 Å². The lowest BCUT2D eigenvalue weighted by atomic mass is 10.2. The molecule has 0 radical (unpaired) electrons. The van der Waals surface area contributed by atoms with Gasteiger partial charge in [0.15, 0.2) is 0 Å². The Kier molecular flexibility index (Phi) is 2.44. The molecule has 4 heteroatoms. The number of hydrogen-bond acceptors (Lipinski definition) is 3. The van der Waals surface area contributed by atoms with Gasteiger partial charge >= 0.3 is 0 Å². The molecule has 0 atom stereocenters. The second kappa shape index (κ2) is 3.60. The van der Waals surface area contributed by atoms with Gasteiger partial charge in [0, 0.05) is 14.6 Å². The molecule has 0 aliphatic heterocycles. The Bertz CT molecular complexity index is 527. The summed E-state index contributed by atoms with van der Waals surface area (Å²) in [5, 5.41) is 11.8. The van der Waals surface area contributed by atoms with Crippen molar-refractivity contribution in [2.45, 2.75) is 0 Å². The van der Waals surface area contributed by atoms with Gasteiger partial charge in [-0.15, -0.1) is 11.3 Å². The predicted molar refractivity (Wildman–Crippen MR) is 60.8 cm³/mol. The van der Waals surface area contributed by atoms with Crippen LogP contribution in [0, 0.1) is 11.3 Å². The van der Waals surface area contributed by atoms with Crippen molar-refractivity contribution < 1.29 is 4.74 Å². The van der Waals surface area contributed by atoms with E-state index in [1.165, 1.54) is 0 Å². The Morgan fingerprint density at radius 2 is 2.29 bits per heavy atom. The van der Waals surface area contributed by atoms with E-state index in [1.54, 1.807) is 18.4 Å². The molecule has 0 aliphatic carbocycles. The zero-order valence-corrected chi connectivity index (χ0v) is 9.78. The average Bonchev–Trinajstić information content (AvgIpc) is 2.62. The first-order chi connectivity index (χ1) is 6.77. The summed E-state index contributed by atoms with van der Waals surface area (Å²) < 4.78 is 7.15. The molecule has 1 aromatic heterocycles. The first-order valence-corrected chi connectivity index (χ1v) is 5.59. The molecular formula is C10H6BrNOS. The van der Waals surface area contributed by atoms with Crippen molar-refractivity contribution in [2.24, 2.45) is 0 Å². The first kappa shape index (κ1) is 9.50. The summed E-state index contributed by atoms with van der Waals surface area (Å²) in [5.41, 5.74) is 0.634. The summed E-state index contributed by atoms with van der Waals surface area (Å²) in [4.78, 5) is 0. The molecule has 0 N–H and O–H groups in total. The van der Waals surface area contributed by atoms with Crippen LogP contribution in [0.25, 0.3) is 10.1 Å². The topological polar surface area (TPSA) is 33.0 Å². The smallest absolute Gasteiger partial charge is 0.138 e. The van der Waals surface area contributed by atoms with Crippen LogP contribution in [0.1, 0.15) is 5.56 Å². The van der Waals surface area contributed by atoms with Crippen molar-refractivity contribution in [1.82, 2.24) is 0 Å². The van der Waals surface area contributed by atoms with E-state index in [1.807, 2.05) is 17.5 Å². The summed E-state index contributed by atoms with van der Waals surface area (Å²) in [6.07, 6.45) is 0. The Hall–Kier alpha value is -1.05. The number of benzene rings is 1. The van der Waals surface area contributed by atoms with Crippen LogP contribution in [-0.4, -0.2) is 7.11 Å². The number of nitriles is 1. The van der Waals surface area contributed by atoms with Gasteiger partial charge < -0.3 is 4.74 Å². The third kappa shape index (κ3) is 1.29.